The van der Waals surface area contributed by atoms with Crippen LogP contribution in [-0.2, 0) is 5.41 Å². The molecule has 0 radical (unpaired) electrons. The molecule has 0 spiro atoms. The van der Waals surface area contributed by atoms with Crippen molar-refractivity contribution in [1.82, 2.24) is 0 Å². The van der Waals surface area contributed by atoms with E-state index in [9.17, 15) is 4.79 Å². The van der Waals surface area contributed by atoms with Gasteiger partial charge < -0.3 is 0 Å². The standard InChI is InChI=1S/C27H19Br3O/c1-18-2-4-19(5-3-18)26(31)27(20-6-12-23(28)13-7-20,21-8-14-24(29)15-9-21)22-10-16-25(30)17-11-22/h2-17H,1H3. The van der Waals surface area contributed by atoms with Crippen LogP contribution in [0.3, 0.4) is 0 Å². The van der Waals surface area contributed by atoms with E-state index in [1.54, 1.807) is 0 Å². The van der Waals surface area contributed by atoms with E-state index < -0.39 is 5.41 Å². The predicted octanol–water partition coefficient (Wildman–Crippen LogP) is 8.50. The Morgan fingerprint density at radius 1 is 0.548 bits per heavy atom. The Morgan fingerprint density at radius 2 is 0.871 bits per heavy atom. The molecule has 0 fully saturated rings. The number of rotatable bonds is 5. The lowest BCUT2D eigenvalue weighted by molar-refractivity contribution is 0.0935. The first-order chi connectivity index (χ1) is 14.9. The Bertz CT molecular complexity index is 1080. The van der Waals surface area contributed by atoms with Gasteiger partial charge in [-0.1, -0.05) is 114 Å². The van der Waals surface area contributed by atoms with Gasteiger partial charge in [-0.3, -0.25) is 4.79 Å². The zero-order valence-electron chi connectivity index (χ0n) is 16.8. The van der Waals surface area contributed by atoms with Crippen molar-refractivity contribution in [3.63, 3.8) is 0 Å². The lowest BCUT2D eigenvalue weighted by atomic mass is 9.65. The van der Waals surface area contributed by atoms with E-state index >= 15 is 0 Å². The van der Waals surface area contributed by atoms with Crippen molar-refractivity contribution in [3.05, 3.63) is 138 Å². The van der Waals surface area contributed by atoms with Crippen molar-refractivity contribution in [1.29, 1.82) is 0 Å². The highest BCUT2D eigenvalue weighted by molar-refractivity contribution is 9.11. The minimum absolute atomic E-state index is 0.0412. The summed E-state index contributed by atoms with van der Waals surface area (Å²) in [5, 5.41) is 0. The Balaban J connectivity index is 2.08. The number of ketones is 1. The first kappa shape index (κ1) is 22.2. The molecular weight excluding hydrogens is 580 g/mol. The third-order valence-corrected chi connectivity index (χ3v) is 7.07. The molecule has 0 aliphatic rings. The molecule has 4 heteroatoms. The quantitative estimate of drug-likeness (QED) is 0.166. The zero-order chi connectivity index (χ0) is 22.0. The van der Waals surface area contributed by atoms with Gasteiger partial charge in [0, 0.05) is 19.0 Å². The van der Waals surface area contributed by atoms with Crippen molar-refractivity contribution in [2.24, 2.45) is 0 Å². The molecule has 0 bridgehead atoms. The summed E-state index contributed by atoms with van der Waals surface area (Å²) in [6.07, 6.45) is 0. The first-order valence-corrected chi connectivity index (χ1v) is 12.2. The van der Waals surface area contributed by atoms with Crippen LogP contribution in [-0.4, -0.2) is 5.78 Å². The van der Waals surface area contributed by atoms with Crippen molar-refractivity contribution in [2.45, 2.75) is 12.3 Å². The van der Waals surface area contributed by atoms with E-state index in [0.29, 0.717) is 5.56 Å². The van der Waals surface area contributed by atoms with E-state index in [4.69, 9.17) is 0 Å². The van der Waals surface area contributed by atoms with Crippen molar-refractivity contribution in [3.8, 4) is 0 Å². The van der Waals surface area contributed by atoms with E-state index in [0.717, 1.165) is 35.7 Å². The fourth-order valence-corrected chi connectivity index (χ4v) is 4.71. The molecule has 0 aliphatic carbocycles. The smallest absolute Gasteiger partial charge is 0.182 e. The average Bonchev–Trinajstić information content (AvgIpc) is 2.78. The maximum atomic E-state index is 14.4. The number of carbonyl (C=O) groups excluding carboxylic acids is 1. The topological polar surface area (TPSA) is 17.1 Å². The third-order valence-electron chi connectivity index (χ3n) is 5.49. The first-order valence-electron chi connectivity index (χ1n) is 9.81. The molecule has 154 valence electrons. The summed E-state index contributed by atoms with van der Waals surface area (Å²) in [6, 6.07) is 31.9. The Kier molecular flexibility index (Phi) is 6.61. The molecular formula is C27H19Br3O. The summed E-state index contributed by atoms with van der Waals surface area (Å²) in [5.41, 5.74) is 3.58. The molecule has 0 saturated heterocycles. The molecule has 0 amide bonds. The number of benzene rings is 4. The molecule has 1 nitrogen and oxygen atoms in total. The highest BCUT2D eigenvalue weighted by Crippen LogP contribution is 2.43. The monoisotopic (exact) mass is 596 g/mol. The van der Waals surface area contributed by atoms with Gasteiger partial charge in [0.2, 0.25) is 0 Å². The molecule has 4 aromatic carbocycles. The van der Waals surface area contributed by atoms with Crippen LogP contribution in [0.1, 0.15) is 32.6 Å². The SMILES string of the molecule is Cc1ccc(C(=O)C(c2ccc(Br)cc2)(c2ccc(Br)cc2)c2ccc(Br)cc2)cc1. The van der Waals surface area contributed by atoms with Gasteiger partial charge in [-0.15, -0.1) is 0 Å². The van der Waals surface area contributed by atoms with E-state index in [2.05, 4.69) is 47.8 Å². The van der Waals surface area contributed by atoms with Crippen molar-refractivity contribution >= 4 is 53.6 Å². The maximum Gasteiger partial charge on any atom is 0.182 e. The van der Waals surface area contributed by atoms with Gasteiger partial charge in [-0.25, -0.2) is 0 Å². The minimum Gasteiger partial charge on any atom is -0.292 e. The second kappa shape index (κ2) is 9.23. The molecule has 0 atom stereocenters. The minimum atomic E-state index is -0.989. The lowest BCUT2D eigenvalue weighted by Gasteiger charge is -2.35. The van der Waals surface area contributed by atoms with Crippen LogP contribution in [0, 0.1) is 6.92 Å². The predicted molar refractivity (Wildman–Crippen MR) is 138 cm³/mol. The van der Waals surface area contributed by atoms with Gasteiger partial charge in [0.15, 0.2) is 5.78 Å². The number of halogens is 3. The number of Topliss-reactive ketones (excluding diaryl/α,β-unsaturated/α-hetero) is 1. The van der Waals surface area contributed by atoms with Gasteiger partial charge in [0.1, 0.15) is 5.41 Å². The third kappa shape index (κ3) is 4.34. The number of carbonyl (C=O) groups is 1. The Morgan fingerprint density at radius 3 is 1.19 bits per heavy atom. The Hall–Kier alpha value is -2.01. The van der Waals surface area contributed by atoms with Gasteiger partial charge in [0.05, 0.1) is 0 Å². The molecule has 0 aliphatic heterocycles. The average molecular weight is 599 g/mol. The molecule has 0 aromatic heterocycles. The second-order valence-electron chi connectivity index (χ2n) is 7.47. The molecule has 0 saturated carbocycles. The van der Waals surface area contributed by atoms with E-state index in [1.165, 1.54) is 0 Å². The second-order valence-corrected chi connectivity index (χ2v) is 10.2. The van der Waals surface area contributed by atoms with Crippen molar-refractivity contribution in [2.75, 3.05) is 0 Å². The summed E-state index contributed by atoms with van der Waals surface area (Å²) in [5.74, 6) is 0.0412. The summed E-state index contributed by atoms with van der Waals surface area (Å²) >= 11 is 10.6. The van der Waals surface area contributed by atoms with Crippen LogP contribution in [0.4, 0.5) is 0 Å². The zero-order valence-corrected chi connectivity index (χ0v) is 21.5. The van der Waals surface area contributed by atoms with Crippen LogP contribution in [0.25, 0.3) is 0 Å². The van der Waals surface area contributed by atoms with Gasteiger partial charge >= 0.3 is 0 Å². The summed E-state index contributed by atoms with van der Waals surface area (Å²) < 4.78 is 2.92. The number of aryl methyl sites for hydroxylation is 1. The van der Waals surface area contributed by atoms with E-state index in [-0.39, 0.29) is 5.78 Å². The fraction of sp³-hybridized carbons (Fsp3) is 0.0741. The molecule has 4 aromatic rings. The summed E-state index contributed by atoms with van der Waals surface area (Å²) in [4.78, 5) is 14.4. The lowest BCUT2D eigenvalue weighted by Crippen LogP contribution is -2.38. The summed E-state index contributed by atoms with van der Waals surface area (Å²) in [7, 11) is 0. The van der Waals surface area contributed by atoms with Gasteiger partial charge in [0.25, 0.3) is 0 Å². The Labute approximate surface area is 207 Å². The fourth-order valence-electron chi connectivity index (χ4n) is 3.91. The normalized spacial score (nSPS) is 11.4. The largest absolute Gasteiger partial charge is 0.292 e. The van der Waals surface area contributed by atoms with Crippen LogP contribution >= 0.6 is 47.8 Å². The summed E-state index contributed by atoms with van der Waals surface area (Å²) in [6.45, 7) is 2.03. The van der Waals surface area contributed by atoms with Crippen LogP contribution in [0.2, 0.25) is 0 Å². The van der Waals surface area contributed by atoms with Gasteiger partial charge in [-0.05, 0) is 60.0 Å². The highest BCUT2D eigenvalue weighted by Gasteiger charge is 2.44. The number of hydrogen-bond donors (Lipinski definition) is 0. The number of hydrogen-bond acceptors (Lipinski definition) is 1. The van der Waals surface area contributed by atoms with Gasteiger partial charge in [-0.2, -0.15) is 0 Å². The van der Waals surface area contributed by atoms with Crippen LogP contribution in [0.5, 0.6) is 0 Å². The molecule has 0 heterocycles. The maximum absolute atomic E-state index is 14.4. The van der Waals surface area contributed by atoms with Crippen LogP contribution in [0.15, 0.2) is 110 Å². The molecule has 4 rings (SSSR count). The van der Waals surface area contributed by atoms with Crippen LogP contribution < -0.4 is 0 Å². The van der Waals surface area contributed by atoms with E-state index in [1.807, 2.05) is 104 Å². The molecule has 0 unspecified atom stereocenters. The molecule has 0 N–H and O–H groups in total. The highest BCUT2D eigenvalue weighted by atomic mass is 79.9. The molecule has 31 heavy (non-hydrogen) atoms. The van der Waals surface area contributed by atoms with Crippen molar-refractivity contribution < 1.29 is 4.79 Å².